The number of hydrogen-bond donors (Lipinski definition) is 0. The number of nitrogens with zero attached hydrogens (tertiary/aromatic N) is 4. The zero-order valence-electron chi connectivity index (χ0n) is 13.4. The van der Waals surface area contributed by atoms with Gasteiger partial charge in [-0.05, 0) is 37.8 Å². The molecule has 0 unspecified atom stereocenters. The molecule has 1 aliphatic heterocycles. The molecule has 0 radical (unpaired) electrons. The highest BCUT2D eigenvalue weighted by Crippen LogP contribution is 2.41. The largest absolute Gasteiger partial charge is 0.368 e. The normalized spacial score (nSPS) is 21.4. The van der Waals surface area contributed by atoms with Crippen molar-refractivity contribution < 1.29 is 9.26 Å². The summed E-state index contributed by atoms with van der Waals surface area (Å²) in [6.07, 6.45) is 5.93. The second kappa shape index (κ2) is 6.02. The highest BCUT2D eigenvalue weighted by molar-refractivity contribution is 5.09. The molecule has 0 amide bonds. The molecule has 2 aromatic rings. The van der Waals surface area contributed by atoms with Gasteiger partial charge < -0.3 is 9.26 Å². The van der Waals surface area contributed by atoms with Crippen LogP contribution < -0.4 is 0 Å². The quantitative estimate of drug-likeness (QED) is 0.845. The maximum atomic E-state index is 5.84. The molecule has 122 valence electrons. The maximum absolute atomic E-state index is 5.84. The van der Waals surface area contributed by atoms with Crippen LogP contribution in [0.1, 0.15) is 49.0 Å². The molecule has 2 aliphatic rings. The van der Waals surface area contributed by atoms with Gasteiger partial charge in [0, 0.05) is 38.9 Å². The van der Waals surface area contributed by atoms with Crippen molar-refractivity contribution in [3.05, 3.63) is 41.8 Å². The van der Waals surface area contributed by atoms with Gasteiger partial charge >= 0.3 is 0 Å². The van der Waals surface area contributed by atoms with E-state index in [1.807, 2.05) is 18.3 Å². The first-order valence-electron chi connectivity index (χ1n) is 8.30. The lowest BCUT2D eigenvalue weighted by Gasteiger charge is -2.38. The summed E-state index contributed by atoms with van der Waals surface area (Å²) in [5.41, 5.74) is 0.673. The number of ether oxygens (including phenoxy) is 1. The SMILES string of the molecule is COC1(c2nc(C3CC3)no2)CCN(Cc2ccccn2)CC1. The summed E-state index contributed by atoms with van der Waals surface area (Å²) < 4.78 is 11.4. The molecular weight excluding hydrogens is 292 g/mol. The summed E-state index contributed by atoms with van der Waals surface area (Å²) >= 11 is 0. The van der Waals surface area contributed by atoms with Gasteiger partial charge in [-0.3, -0.25) is 9.88 Å². The zero-order chi connectivity index (χ0) is 15.7. The molecule has 2 fully saturated rings. The molecule has 0 aromatic carbocycles. The standard InChI is InChI=1S/C17H22N4O2/c1-22-17(16-19-15(20-23-16)13-5-6-13)7-10-21(11-8-17)12-14-4-2-3-9-18-14/h2-4,9,13H,5-8,10-12H2,1H3. The summed E-state index contributed by atoms with van der Waals surface area (Å²) in [5.74, 6) is 2.01. The van der Waals surface area contributed by atoms with Crippen molar-refractivity contribution in [3.63, 3.8) is 0 Å². The number of hydrogen-bond acceptors (Lipinski definition) is 6. The van der Waals surface area contributed by atoms with Gasteiger partial charge in [0.25, 0.3) is 5.89 Å². The summed E-state index contributed by atoms with van der Waals surface area (Å²) in [6.45, 7) is 2.74. The fourth-order valence-electron chi connectivity index (χ4n) is 3.23. The second-order valence-electron chi connectivity index (χ2n) is 6.53. The van der Waals surface area contributed by atoms with E-state index in [2.05, 4.69) is 26.1 Å². The van der Waals surface area contributed by atoms with Crippen LogP contribution >= 0.6 is 0 Å². The van der Waals surface area contributed by atoms with E-state index >= 15 is 0 Å². The molecule has 0 spiro atoms. The van der Waals surface area contributed by atoms with Gasteiger partial charge in [-0.25, -0.2) is 0 Å². The van der Waals surface area contributed by atoms with Crippen molar-refractivity contribution >= 4 is 0 Å². The Hall–Kier alpha value is -1.79. The van der Waals surface area contributed by atoms with E-state index in [9.17, 15) is 0 Å². The van der Waals surface area contributed by atoms with Gasteiger partial charge in [0.15, 0.2) is 5.82 Å². The summed E-state index contributed by atoms with van der Waals surface area (Å²) in [6, 6.07) is 6.05. The van der Waals surface area contributed by atoms with Crippen molar-refractivity contribution in [3.8, 4) is 0 Å². The van der Waals surface area contributed by atoms with Gasteiger partial charge in [-0.1, -0.05) is 11.2 Å². The molecule has 2 aromatic heterocycles. The van der Waals surface area contributed by atoms with Crippen molar-refractivity contribution in [1.29, 1.82) is 0 Å². The Morgan fingerprint density at radius 2 is 2.13 bits per heavy atom. The van der Waals surface area contributed by atoms with Gasteiger partial charge in [0.1, 0.15) is 5.60 Å². The van der Waals surface area contributed by atoms with E-state index in [-0.39, 0.29) is 0 Å². The third-order valence-corrected chi connectivity index (χ3v) is 4.94. The third-order valence-electron chi connectivity index (χ3n) is 4.94. The molecule has 0 atom stereocenters. The Labute approximate surface area is 135 Å². The lowest BCUT2D eigenvalue weighted by molar-refractivity contribution is -0.0839. The smallest absolute Gasteiger partial charge is 0.258 e. The van der Waals surface area contributed by atoms with Crippen molar-refractivity contribution in [2.24, 2.45) is 0 Å². The van der Waals surface area contributed by atoms with E-state index in [1.165, 1.54) is 12.8 Å². The van der Waals surface area contributed by atoms with Gasteiger partial charge in [-0.15, -0.1) is 0 Å². The first kappa shape index (κ1) is 14.8. The monoisotopic (exact) mass is 314 g/mol. The average Bonchev–Trinajstić information content (AvgIpc) is 3.34. The van der Waals surface area contributed by atoms with E-state index in [0.717, 1.165) is 44.0 Å². The van der Waals surface area contributed by atoms with Crippen LogP contribution in [0.2, 0.25) is 0 Å². The molecule has 1 aliphatic carbocycles. The predicted molar refractivity (Wildman–Crippen MR) is 83.7 cm³/mol. The number of pyridine rings is 1. The summed E-state index contributed by atoms with van der Waals surface area (Å²) in [5, 5.41) is 4.14. The second-order valence-corrected chi connectivity index (χ2v) is 6.53. The first-order valence-corrected chi connectivity index (χ1v) is 8.30. The third kappa shape index (κ3) is 3.01. The van der Waals surface area contributed by atoms with Crippen LogP contribution in [0, 0.1) is 0 Å². The van der Waals surface area contributed by atoms with Crippen LogP contribution in [0.4, 0.5) is 0 Å². The zero-order valence-corrected chi connectivity index (χ0v) is 13.4. The molecule has 23 heavy (non-hydrogen) atoms. The molecule has 1 saturated carbocycles. The molecule has 6 nitrogen and oxygen atoms in total. The van der Waals surface area contributed by atoms with Crippen LogP contribution in [0.5, 0.6) is 0 Å². The van der Waals surface area contributed by atoms with Crippen molar-refractivity contribution in [1.82, 2.24) is 20.0 Å². The van der Waals surface area contributed by atoms with Crippen molar-refractivity contribution in [2.75, 3.05) is 20.2 Å². The molecular formula is C17H22N4O2. The Balaban J connectivity index is 1.43. The lowest BCUT2D eigenvalue weighted by Crippen LogP contribution is -2.43. The lowest BCUT2D eigenvalue weighted by atomic mass is 9.90. The molecule has 0 N–H and O–H groups in total. The van der Waals surface area contributed by atoms with Crippen LogP contribution in [0.25, 0.3) is 0 Å². The highest BCUT2D eigenvalue weighted by Gasteiger charge is 2.42. The summed E-state index contributed by atoms with van der Waals surface area (Å²) in [4.78, 5) is 11.4. The van der Waals surface area contributed by atoms with Crippen molar-refractivity contribution in [2.45, 2.75) is 43.7 Å². The van der Waals surface area contributed by atoms with Gasteiger partial charge in [0.2, 0.25) is 0 Å². The first-order chi connectivity index (χ1) is 11.3. The van der Waals surface area contributed by atoms with Crippen LogP contribution in [0.3, 0.4) is 0 Å². The molecule has 4 rings (SSSR count). The molecule has 1 saturated heterocycles. The maximum Gasteiger partial charge on any atom is 0.258 e. The summed E-state index contributed by atoms with van der Waals surface area (Å²) in [7, 11) is 1.75. The number of rotatable bonds is 5. The fourth-order valence-corrected chi connectivity index (χ4v) is 3.23. The number of aromatic nitrogens is 3. The Bertz CT molecular complexity index is 646. The number of likely N-dealkylation sites (tertiary alicyclic amines) is 1. The minimum atomic E-state index is -0.430. The predicted octanol–water partition coefficient (Wildman–Crippen LogP) is 2.48. The minimum Gasteiger partial charge on any atom is -0.368 e. The highest BCUT2D eigenvalue weighted by atomic mass is 16.5. The van der Waals surface area contributed by atoms with Crippen LogP contribution in [0.15, 0.2) is 28.9 Å². The topological polar surface area (TPSA) is 64.3 Å². The van der Waals surface area contributed by atoms with E-state index in [0.29, 0.717) is 11.8 Å². The molecule has 3 heterocycles. The Morgan fingerprint density at radius 3 is 2.78 bits per heavy atom. The van der Waals surface area contributed by atoms with E-state index in [1.54, 1.807) is 7.11 Å². The van der Waals surface area contributed by atoms with Gasteiger partial charge in [0.05, 0.1) is 5.69 Å². The number of methoxy groups -OCH3 is 1. The molecule has 0 bridgehead atoms. The Morgan fingerprint density at radius 1 is 1.30 bits per heavy atom. The number of piperidine rings is 1. The van der Waals surface area contributed by atoms with E-state index < -0.39 is 5.60 Å². The fraction of sp³-hybridized carbons (Fsp3) is 0.588. The molecule has 6 heteroatoms. The Kier molecular flexibility index (Phi) is 3.87. The van der Waals surface area contributed by atoms with Crippen LogP contribution in [-0.2, 0) is 16.9 Å². The average molecular weight is 314 g/mol. The van der Waals surface area contributed by atoms with Gasteiger partial charge in [-0.2, -0.15) is 4.98 Å². The minimum absolute atomic E-state index is 0.430. The van der Waals surface area contributed by atoms with Crippen LogP contribution in [-0.4, -0.2) is 40.2 Å². The van der Waals surface area contributed by atoms with E-state index in [4.69, 9.17) is 9.26 Å².